The maximum absolute atomic E-state index is 4.58. The second kappa shape index (κ2) is 8.87. The van der Waals surface area contributed by atoms with E-state index < -0.39 is 0 Å². The van der Waals surface area contributed by atoms with Gasteiger partial charge in [-0.15, -0.1) is 11.3 Å². The van der Waals surface area contributed by atoms with Crippen LogP contribution in [-0.4, -0.2) is 26.5 Å². The van der Waals surface area contributed by atoms with Gasteiger partial charge in [-0.2, -0.15) is 9.97 Å². The fraction of sp³-hybridized carbons (Fsp3) is 0.400. The van der Waals surface area contributed by atoms with Gasteiger partial charge in [0.05, 0.1) is 0 Å². The van der Waals surface area contributed by atoms with Gasteiger partial charge in [-0.05, 0) is 61.2 Å². The van der Waals surface area contributed by atoms with Gasteiger partial charge in [0.15, 0.2) is 10.3 Å². The van der Waals surface area contributed by atoms with Crippen LogP contribution in [0.15, 0.2) is 40.5 Å². The Hall–Kier alpha value is -2.19. The van der Waals surface area contributed by atoms with Crippen LogP contribution in [0.25, 0.3) is 0 Å². The summed E-state index contributed by atoms with van der Waals surface area (Å²) in [6, 6.07) is 8.45. The summed E-state index contributed by atoms with van der Waals surface area (Å²) in [6.45, 7) is 5.24. The number of aromatic nitrogens is 4. The molecular weight excluding hydrogens is 388 g/mol. The summed E-state index contributed by atoms with van der Waals surface area (Å²) in [7, 11) is 0. The van der Waals surface area contributed by atoms with Crippen molar-refractivity contribution in [1.82, 2.24) is 19.9 Å². The fourth-order valence-corrected chi connectivity index (χ4v) is 4.12. The average molecular weight is 413 g/mol. The van der Waals surface area contributed by atoms with Crippen molar-refractivity contribution < 1.29 is 0 Å². The minimum atomic E-state index is 0.550. The third kappa shape index (κ3) is 5.20. The van der Waals surface area contributed by atoms with E-state index in [-0.39, 0.29) is 0 Å². The summed E-state index contributed by atoms with van der Waals surface area (Å²) in [5, 5.41) is 8.22. The van der Waals surface area contributed by atoms with Crippen LogP contribution in [0.5, 0.6) is 0 Å². The molecule has 6 nitrogen and oxygen atoms in total. The van der Waals surface area contributed by atoms with E-state index in [9.17, 15) is 0 Å². The second-order valence-corrected chi connectivity index (χ2v) is 8.93. The fourth-order valence-electron chi connectivity index (χ4n) is 2.61. The number of thiazole rings is 1. The van der Waals surface area contributed by atoms with Gasteiger partial charge in [-0.1, -0.05) is 13.8 Å². The lowest BCUT2D eigenvalue weighted by atomic mass is 10.3. The first-order valence-corrected chi connectivity index (χ1v) is 11.3. The summed E-state index contributed by atoms with van der Waals surface area (Å²) < 4.78 is 0. The van der Waals surface area contributed by atoms with Crippen LogP contribution in [0.2, 0.25) is 0 Å². The summed E-state index contributed by atoms with van der Waals surface area (Å²) in [4.78, 5) is 20.4. The van der Waals surface area contributed by atoms with Gasteiger partial charge >= 0.3 is 0 Å². The highest BCUT2D eigenvalue weighted by molar-refractivity contribution is 7.99. The standard InChI is InChI=1S/C20H24N6S2/c1-3-15-12-22-19(27-15)25-18-23-17(4-2)24-20(26-18)28-16-9-7-14(8-10-16)21-11-13-5-6-13/h7-10,12-13,21H,3-6,11H2,1-2H3,(H,22,23,24,25,26). The third-order valence-corrected chi connectivity index (χ3v) is 6.38. The van der Waals surface area contributed by atoms with E-state index in [1.54, 1.807) is 23.1 Å². The van der Waals surface area contributed by atoms with E-state index in [2.05, 4.69) is 61.8 Å². The van der Waals surface area contributed by atoms with Crippen molar-refractivity contribution in [3.8, 4) is 0 Å². The number of nitrogens with one attached hydrogen (secondary N) is 2. The van der Waals surface area contributed by atoms with Crippen LogP contribution >= 0.6 is 23.1 Å². The molecule has 0 spiro atoms. The van der Waals surface area contributed by atoms with Crippen molar-refractivity contribution in [3.63, 3.8) is 0 Å². The monoisotopic (exact) mass is 412 g/mol. The molecule has 8 heteroatoms. The molecule has 0 bridgehead atoms. The maximum atomic E-state index is 4.58. The molecule has 2 aromatic heterocycles. The molecule has 1 aliphatic rings. The number of anilines is 3. The molecule has 2 heterocycles. The lowest BCUT2D eigenvalue weighted by Gasteiger charge is -2.08. The number of nitrogens with zero attached hydrogens (tertiary/aromatic N) is 4. The Kier molecular flexibility index (Phi) is 6.07. The molecule has 1 aliphatic carbocycles. The quantitative estimate of drug-likeness (QED) is 0.502. The SMILES string of the molecule is CCc1nc(Nc2ncc(CC)s2)nc(Sc2ccc(NCC3CC3)cc2)n1. The van der Waals surface area contributed by atoms with Gasteiger partial charge in [0.2, 0.25) is 5.95 Å². The van der Waals surface area contributed by atoms with Gasteiger partial charge in [-0.3, -0.25) is 5.32 Å². The zero-order chi connectivity index (χ0) is 19.3. The Morgan fingerprint density at radius 1 is 1.07 bits per heavy atom. The Morgan fingerprint density at radius 3 is 2.57 bits per heavy atom. The minimum Gasteiger partial charge on any atom is -0.385 e. The molecule has 0 aliphatic heterocycles. The highest BCUT2D eigenvalue weighted by Gasteiger charge is 2.20. The summed E-state index contributed by atoms with van der Waals surface area (Å²) in [6.07, 6.45) is 6.34. The largest absolute Gasteiger partial charge is 0.385 e. The Balaban J connectivity index is 1.45. The van der Waals surface area contributed by atoms with E-state index in [0.717, 1.165) is 41.2 Å². The molecule has 0 radical (unpaired) electrons. The third-order valence-electron chi connectivity index (χ3n) is 4.45. The average Bonchev–Trinajstić information content (AvgIpc) is 3.44. The van der Waals surface area contributed by atoms with Gasteiger partial charge in [0, 0.05) is 34.6 Å². The van der Waals surface area contributed by atoms with Gasteiger partial charge in [0.1, 0.15) is 5.82 Å². The van der Waals surface area contributed by atoms with Crippen LogP contribution in [0.1, 0.15) is 37.4 Å². The Labute approximate surface area is 173 Å². The zero-order valence-corrected chi connectivity index (χ0v) is 17.7. The molecule has 3 aromatic rings. The normalized spacial score (nSPS) is 13.5. The van der Waals surface area contributed by atoms with Gasteiger partial charge < -0.3 is 5.32 Å². The minimum absolute atomic E-state index is 0.550. The Morgan fingerprint density at radius 2 is 1.89 bits per heavy atom. The Bertz CT molecular complexity index is 921. The molecule has 2 N–H and O–H groups in total. The van der Waals surface area contributed by atoms with Crippen molar-refractivity contribution in [3.05, 3.63) is 41.2 Å². The van der Waals surface area contributed by atoms with E-state index in [4.69, 9.17) is 0 Å². The highest BCUT2D eigenvalue weighted by atomic mass is 32.2. The zero-order valence-electron chi connectivity index (χ0n) is 16.1. The lowest BCUT2D eigenvalue weighted by Crippen LogP contribution is -2.04. The first-order valence-electron chi connectivity index (χ1n) is 9.70. The van der Waals surface area contributed by atoms with E-state index in [1.807, 2.05) is 13.1 Å². The molecule has 1 aromatic carbocycles. The maximum Gasteiger partial charge on any atom is 0.233 e. The molecule has 0 amide bonds. The lowest BCUT2D eigenvalue weighted by molar-refractivity contribution is 0.822. The summed E-state index contributed by atoms with van der Waals surface area (Å²) in [5.74, 6) is 2.19. The molecule has 0 saturated heterocycles. The molecule has 0 atom stereocenters. The topological polar surface area (TPSA) is 75.6 Å². The van der Waals surface area contributed by atoms with Crippen LogP contribution < -0.4 is 10.6 Å². The number of hydrogen-bond donors (Lipinski definition) is 2. The van der Waals surface area contributed by atoms with Crippen LogP contribution in [0.3, 0.4) is 0 Å². The van der Waals surface area contributed by atoms with Crippen molar-refractivity contribution >= 4 is 39.9 Å². The number of rotatable bonds is 9. The van der Waals surface area contributed by atoms with Crippen molar-refractivity contribution in [2.24, 2.45) is 5.92 Å². The molecule has 28 heavy (non-hydrogen) atoms. The first kappa shape index (κ1) is 19.1. The van der Waals surface area contributed by atoms with Crippen LogP contribution in [0, 0.1) is 5.92 Å². The van der Waals surface area contributed by atoms with Crippen molar-refractivity contribution in [2.45, 2.75) is 49.6 Å². The molecule has 1 fully saturated rings. The van der Waals surface area contributed by atoms with Crippen molar-refractivity contribution in [2.75, 3.05) is 17.2 Å². The van der Waals surface area contributed by atoms with Gasteiger partial charge in [-0.25, -0.2) is 9.97 Å². The van der Waals surface area contributed by atoms with Crippen LogP contribution in [-0.2, 0) is 12.8 Å². The molecule has 0 unspecified atom stereocenters. The van der Waals surface area contributed by atoms with E-state index in [0.29, 0.717) is 11.1 Å². The molecule has 1 saturated carbocycles. The predicted molar refractivity (Wildman–Crippen MR) is 116 cm³/mol. The molecule has 4 rings (SSSR count). The molecule has 146 valence electrons. The van der Waals surface area contributed by atoms with E-state index >= 15 is 0 Å². The van der Waals surface area contributed by atoms with Gasteiger partial charge in [0.25, 0.3) is 0 Å². The van der Waals surface area contributed by atoms with Crippen LogP contribution in [0.4, 0.5) is 16.8 Å². The number of aryl methyl sites for hydroxylation is 2. The molecular formula is C20H24N6S2. The number of benzene rings is 1. The summed E-state index contributed by atoms with van der Waals surface area (Å²) >= 11 is 3.18. The first-order chi connectivity index (χ1) is 13.7. The highest BCUT2D eigenvalue weighted by Crippen LogP contribution is 2.30. The second-order valence-electron chi connectivity index (χ2n) is 6.77. The summed E-state index contributed by atoms with van der Waals surface area (Å²) in [5.41, 5.74) is 1.17. The predicted octanol–water partition coefficient (Wildman–Crippen LogP) is 5.17. The van der Waals surface area contributed by atoms with E-state index in [1.165, 1.54) is 23.4 Å². The smallest absolute Gasteiger partial charge is 0.233 e. The van der Waals surface area contributed by atoms with Crippen molar-refractivity contribution in [1.29, 1.82) is 0 Å². The number of hydrogen-bond acceptors (Lipinski definition) is 8.